The molecule has 0 fully saturated rings. The number of hydrogen-bond donors (Lipinski definition) is 0. The van der Waals surface area contributed by atoms with E-state index in [4.69, 9.17) is 27.9 Å². The molecule has 8 heteroatoms. The van der Waals surface area contributed by atoms with Gasteiger partial charge in [-0.25, -0.2) is 4.31 Å². The van der Waals surface area contributed by atoms with Crippen LogP contribution in [0.5, 0.6) is 0 Å². The van der Waals surface area contributed by atoms with E-state index in [1.54, 1.807) is 43.3 Å². The molecule has 0 unspecified atom stereocenters. The van der Waals surface area contributed by atoms with E-state index in [1.165, 1.54) is 4.31 Å². The van der Waals surface area contributed by atoms with Gasteiger partial charge in [0.25, 0.3) is 0 Å². The molecule has 0 bridgehead atoms. The first-order valence-electron chi connectivity index (χ1n) is 7.21. The molecule has 0 atom stereocenters. The smallest absolute Gasteiger partial charge is 0.348 e. The lowest BCUT2D eigenvalue weighted by Gasteiger charge is -2.28. The third-order valence-electron chi connectivity index (χ3n) is 3.47. The standard InChI is InChI=1S/C16H14Cl2N2O3S/c1-2-23-16-12-5-3-4-6-15(12)20(24(21,22)19-16)10-11-7-8-13(17)14(18)9-11/h3-9H,2,10H2,1H3. The van der Waals surface area contributed by atoms with Crippen molar-refractivity contribution in [2.45, 2.75) is 13.5 Å². The molecule has 5 nitrogen and oxygen atoms in total. The van der Waals surface area contributed by atoms with Crippen LogP contribution in [0.4, 0.5) is 5.69 Å². The second-order valence-electron chi connectivity index (χ2n) is 5.08. The van der Waals surface area contributed by atoms with Crippen LogP contribution in [0.1, 0.15) is 18.1 Å². The minimum absolute atomic E-state index is 0.0964. The van der Waals surface area contributed by atoms with Gasteiger partial charge in [-0.05, 0) is 36.8 Å². The first-order chi connectivity index (χ1) is 11.4. The van der Waals surface area contributed by atoms with Crippen LogP contribution >= 0.6 is 23.2 Å². The van der Waals surface area contributed by atoms with Crippen molar-refractivity contribution in [3.63, 3.8) is 0 Å². The summed E-state index contributed by atoms with van der Waals surface area (Å²) in [7, 11) is -3.91. The van der Waals surface area contributed by atoms with Gasteiger partial charge in [0.2, 0.25) is 5.90 Å². The third kappa shape index (κ3) is 3.22. The van der Waals surface area contributed by atoms with Gasteiger partial charge >= 0.3 is 10.2 Å². The number of nitrogens with zero attached hydrogens (tertiary/aromatic N) is 2. The molecule has 24 heavy (non-hydrogen) atoms. The summed E-state index contributed by atoms with van der Waals surface area (Å²) in [6.45, 7) is 2.20. The zero-order chi connectivity index (χ0) is 17.3. The minimum atomic E-state index is -3.91. The fourth-order valence-corrected chi connectivity index (χ4v) is 3.91. The highest BCUT2D eigenvalue weighted by Crippen LogP contribution is 2.32. The van der Waals surface area contributed by atoms with E-state index in [9.17, 15) is 8.42 Å². The summed E-state index contributed by atoms with van der Waals surface area (Å²) in [6.07, 6.45) is 0. The molecule has 0 spiro atoms. The Labute approximate surface area is 150 Å². The number of anilines is 1. The summed E-state index contributed by atoms with van der Waals surface area (Å²) in [5.41, 5.74) is 1.86. The zero-order valence-electron chi connectivity index (χ0n) is 12.7. The Morgan fingerprint density at radius 2 is 1.88 bits per heavy atom. The molecule has 2 aromatic carbocycles. The number of hydrogen-bond acceptors (Lipinski definition) is 3. The first kappa shape index (κ1) is 17.1. The summed E-state index contributed by atoms with van der Waals surface area (Å²) in [5.74, 6) is 0.110. The highest BCUT2D eigenvalue weighted by Gasteiger charge is 2.32. The molecule has 1 aliphatic heterocycles. The van der Waals surface area contributed by atoms with Crippen LogP contribution < -0.4 is 4.31 Å². The first-order valence-corrected chi connectivity index (χ1v) is 9.36. The van der Waals surface area contributed by atoms with Crippen molar-refractivity contribution >= 4 is 45.0 Å². The molecule has 1 heterocycles. The van der Waals surface area contributed by atoms with E-state index < -0.39 is 10.2 Å². The Hall–Kier alpha value is -1.76. The second-order valence-corrected chi connectivity index (χ2v) is 7.41. The maximum atomic E-state index is 12.6. The van der Waals surface area contributed by atoms with Gasteiger partial charge in [0.05, 0.1) is 34.4 Å². The SMILES string of the molecule is CCOC1=NS(=O)(=O)N(Cc2ccc(Cl)c(Cl)c2)c2ccccc21. The number of halogens is 2. The highest BCUT2D eigenvalue weighted by atomic mass is 35.5. The molecule has 0 saturated carbocycles. The van der Waals surface area contributed by atoms with Crippen LogP contribution in [0.2, 0.25) is 10.0 Å². The van der Waals surface area contributed by atoms with Crippen molar-refractivity contribution < 1.29 is 13.2 Å². The van der Waals surface area contributed by atoms with Crippen molar-refractivity contribution in [2.75, 3.05) is 10.9 Å². The van der Waals surface area contributed by atoms with Crippen LogP contribution in [0.3, 0.4) is 0 Å². The van der Waals surface area contributed by atoms with Crippen molar-refractivity contribution in [3.8, 4) is 0 Å². The molecule has 0 amide bonds. The van der Waals surface area contributed by atoms with Crippen LogP contribution in [0, 0.1) is 0 Å². The summed E-state index contributed by atoms with van der Waals surface area (Å²) >= 11 is 11.9. The van der Waals surface area contributed by atoms with E-state index in [0.717, 1.165) is 0 Å². The lowest BCUT2D eigenvalue weighted by molar-refractivity contribution is 0.329. The van der Waals surface area contributed by atoms with Crippen LogP contribution in [-0.4, -0.2) is 20.9 Å². The van der Waals surface area contributed by atoms with Crippen LogP contribution in [0.25, 0.3) is 0 Å². The van der Waals surface area contributed by atoms with Crippen molar-refractivity contribution in [1.82, 2.24) is 0 Å². The highest BCUT2D eigenvalue weighted by molar-refractivity contribution is 7.91. The fraction of sp³-hybridized carbons (Fsp3) is 0.188. The summed E-state index contributed by atoms with van der Waals surface area (Å²) < 4.78 is 35.6. The van der Waals surface area contributed by atoms with Gasteiger partial charge in [-0.2, -0.15) is 8.42 Å². The largest absolute Gasteiger partial charge is 0.477 e. The van der Waals surface area contributed by atoms with E-state index in [-0.39, 0.29) is 12.4 Å². The average Bonchev–Trinajstić information content (AvgIpc) is 2.54. The van der Waals surface area contributed by atoms with E-state index in [0.29, 0.717) is 33.5 Å². The Bertz CT molecular complexity index is 913. The van der Waals surface area contributed by atoms with E-state index in [2.05, 4.69) is 4.40 Å². The Morgan fingerprint density at radius 1 is 1.12 bits per heavy atom. The van der Waals surface area contributed by atoms with Gasteiger partial charge in [-0.3, -0.25) is 0 Å². The Kier molecular flexibility index (Phi) is 4.71. The number of para-hydroxylation sites is 1. The molecule has 0 saturated heterocycles. The van der Waals surface area contributed by atoms with Crippen molar-refractivity contribution in [2.24, 2.45) is 4.40 Å². The molecular formula is C16H14Cl2N2O3S. The zero-order valence-corrected chi connectivity index (χ0v) is 15.1. The minimum Gasteiger partial charge on any atom is -0.477 e. The predicted molar refractivity (Wildman–Crippen MR) is 96.2 cm³/mol. The maximum Gasteiger partial charge on any atom is 0.348 e. The van der Waals surface area contributed by atoms with Gasteiger partial charge in [-0.15, -0.1) is 4.40 Å². The van der Waals surface area contributed by atoms with E-state index in [1.807, 2.05) is 6.07 Å². The summed E-state index contributed by atoms with van der Waals surface area (Å²) in [4.78, 5) is 0. The molecule has 0 radical (unpaired) electrons. The molecule has 0 aromatic heterocycles. The summed E-state index contributed by atoms with van der Waals surface area (Å²) in [6, 6.07) is 12.1. The molecular weight excluding hydrogens is 371 g/mol. The maximum absolute atomic E-state index is 12.6. The lowest BCUT2D eigenvalue weighted by Crippen LogP contribution is -2.35. The second kappa shape index (κ2) is 6.63. The quantitative estimate of drug-likeness (QED) is 0.801. The molecule has 2 aromatic rings. The number of benzene rings is 2. The van der Waals surface area contributed by atoms with Gasteiger partial charge in [0, 0.05) is 0 Å². The molecule has 0 aliphatic carbocycles. The van der Waals surface area contributed by atoms with Crippen molar-refractivity contribution in [3.05, 3.63) is 63.6 Å². The van der Waals surface area contributed by atoms with E-state index >= 15 is 0 Å². The Balaban J connectivity index is 2.06. The van der Waals surface area contributed by atoms with Crippen molar-refractivity contribution in [1.29, 1.82) is 0 Å². The monoisotopic (exact) mass is 384 g/mol. The molecule has 126 valence electrons. The Morgan fingerprint density at radius 3 is 2.58 bits per heavy atom. The number of fused-ring (bicyclic) bond motifs is 1. The summed E-state index contributed by atoms with van der Waals surface area (Å²) in [5, 5.41) is 0.786. The number of ether oxygens (including phenoxy) is 1. The molecule has 3 rings (SSSR count). The van der Waals surface area contributed by atoms with Gasteiger partial charge in [-0.1, -0.05) is 41.4 Å². The fourth-order valence-electron chi connectivity index (χ4n) is 2.41. The normalized spacial score (nSPS) is 15.6. The number of rotatable bonds is 3. The van der Waals surface area contributed by atoms with Gasteiger partial charge in [0.1, 0.15) is 0 Å². The van der Waals surface area contributed by atoms with Gasteiger partial charge < -0.3 is 4.74 Å². The van der Waals surface area contributed by atoms with Gasteiger partial charge in [0.15, 0.2) is 0 Å². The van der Waals surface area contributed by atoms with Crippen LogP contribution in [0.15, 0.2) is 46.9 Å². The van der Waals surface area contributed by atoms with Crippen LogP contribution in [-0.2, 0) is 21.5 Å². The molecule has 0 N–H and O–H groups in total. The molecule has 1 aliphatic rings. The lowest BCUT2D eigenvalue weighted by atomic mass is 10.1. The predicted octanol–water partition coefficient (Wildman–Crippen LogP) is 4.04. The third-order valence-corrected chi connectivity index (χ3v) is 5.49. The topological polar surface area (TPSA) is 59.0 Å². The average molecular weight is 385 g/mol.